The molecule has 1 N–H and O–H groups in total. The number of likely N-dealkylation sites (tertiary alicyclic amines) is 1. The summed E-state index contributed by atoms with van der Waals surface area (Å²) in [6, 6.07) is 0.0834. The van der Waals surface area contributed by atoms with E-state index in [-0.39, 0.29) is 19.3 Å². The Balaban J connectivity index is 2.96. The summed E-state index contributed by atoms with van der Waals surface area (Å²) in [6.07, 6.45) is 0.682. The highest BCUT2D eigenvalue weighted by Gasteiger charge is 2.50. The fourth-order valence-corrected chi connectivity index (χ4v) is 2.61. The van der Waals surface area contributed by atoms with Gasteiger partial charge in [-0.25, -0.2) is 0 Å². The van der Waals surface area contributed by atoms with Crippen LogP contribution in [0.3, 0.4) is 0 Å². The first-order valence-corrected chi connectivity index (χ1v) is 7.11. The van der Waals surface area contributed by atoms with E-state index < -0.39 is 23.5 Å². The number of aliphatic hydroxyl groups is 1. The second kappa shape index (κ2) is 7.04. The van der Waals surface area contributed by atoms with Gasteiger partial charge in [0.05, 0.1) is 18.8 Å². The smallest absolute Gasteiger partial charge is 0.323 e. The van der Waals surface area contributed by atoms with Crippen LogP contribution in [0.15, 0.2) is 0 Å². The molecule has 0 saturated carbocycles. The molecule has 1 aliphatic heterocycles. The molecule has 116 valence electrons. The molecule has 1 fully saturated rings. The molecular weight excluding hydrogens is 262 g/mol. The highest BCUT2D eigenvalue weighted by molar-refractivity contribution is 5.96. The normalized spacial score (nSPS) is 27.4. The van der Waals surface area contributed by atoms with Crippen LogP contribution < -0.4 is 0 Å². The summed E-state index contributed by atoms with van der Waals surface area (Å²) >= 11 is 0. The van der Waals surface area contributed by atoms with Crippen molar-refractivity contribution in [3.05, 3.63) is 0 Å². The van der Waals surface area contributed by atoms with Crippen molar-refractivity contribution < 1.29 is 24.2 Å². The number of ether oxygens (including phenoxy) is 2. The second-order valence-corrected chi connectivity index (χ2v) is 5.32. The van der Waals surface area contributed by atoms with Crippen LogP contribution >= 0.6 is 0 Å². The number of nitrogens with zero attached hydrogens (tertiary/aromatic N) is 1. The lowest BCUT2D eigenvalue weighted by atomic mass is 9.77. The third-order valence-electron chi connectivity index (χ3n) is 3.88. The van der Waals surface area contributed by atoms with Crippen molar-refractivity contribution in [2.75, 3.05) is 26.8 Å². The SMILES string of the molecule is CCOC(=O)C(C(=O)OCC)C1(O)CCN(C)C(C)C1. The van der Waals surface area contributed by atoms with Crippen LogP contribution in [0.1, 0.15) is 33.6 Å². The molecule has 0 radical (unpaired) electrons. The van der Waals surface area contributed by atoms with Gasteiger partial charge < -0.3 is 19.5 Å². The van der Waals surface area contributed by atoms with E-state index in [1.807, 2.05) is 14.0 Å². The fraction of sp³-hybridized carbons (Fsp3) is 0.857. The van der Waals surface area contributed by atoms with Crippen LogP contribution in [0.4, 0.5) is 0 Å². The maximum atomic E-state index is 12.1. The number of hydrogen-bond donors (Lipinski definition) is 1. The maximum absolute atomic E-state index is 12.1. The number of esters is 2. The third kappa shape index (κ3) is 3.70. The molecule has 0 aromatic carbocycles. The quantitative estimate of drug-likeness (QED) is 0.588. The molecule has 1 saturated heterocycles. The highest BCUT2D eigenvalue weighted by Crippen LogP contribution is 2.34. The van der Waals surface area contributed by atoms with Crippen molar-refractivity contribution in [3.63, 3.8) is 0 Å². The van der Waals surface area contributed by atoms with Gasteiger partial charge in [0.2, 0.25) is 0 Å². The number of rotatable bonds is 5. The van der Waals surface area contributed by atoms with Crippen molar-refractivity contribution in [2.45, 2.75) is 45.3 Å². The van der Waals surface area contributed by atoms with Crippen LogP contribution in [-0.4, -0.2) is 60.4 Å². The summed E-state index contributed by atoms with van der Waals surface area (Å²) in [4.78, 5) is 26.2. The van der Waals surface area contributed by atoms with E-state index in [0.29, 0.717) is 19.4 Å². The van der Waals surface area contributed by atoms with E-state index in [0.717, 1.165) is 0 Å². The average Bonchev–Trinajstić information content (AvgIpc) is 2.35. The van der Waals surface area contributed by atoms with E-state index >= 15 is 0 Å². The van der Waals surface area contributed by atoms with Crippen molar-refractivity contribution >= 4 is 11.9 Å². The first kappa shape index (κ1) is 16.9. The number of carbonyl (C=O) groups is 2. The molecule has 6 nitrogen and oxygen atoms in total. The van der Waals surface area contributed by atoms with Crippen LogP contribution in [0.5, 0.6) is 0 Å². The minimum absolute atomic E-state index is 0.0834. The molecule has 2 atom stereocenters. The van der Waals surface area contributed by atoms with Crippen LogP contribution in [0, 0.1) is 5.92 Å². The van der Waals surface area contributed by atoms with Crippen LogP contribution in [-0.2, 0) is 19.1 Å². The van der Waals surface area contributed by atoms with Gasteiger partial charge in [-0.2, -0.15) is 0 Å². The number of hydrogen-bond acceptors (Lipinski definition) is 6. The molecule has 1 aliphatic rings. The Hall–Kier alpha value is -1.14. The Labute approximate surface area is 120 Å². The molecule has 0 amide bonds. The Morgan fingerprint density at radius 1 is 1.30 bits per heavy atom. The van der Waals surface area contributed by atoms with E-state index in [2.05, 4.69) is 4.90 Å². The summed E-state index contributed by atoms with van der Waals surface area (Å²) in [6.45, 7) is 6.24. The van der Waals surface area contributed by atoms with Crippen molar-refractivity contribution in [1.82, 2.24) is 4.90 Å². The van der Waals surface area contributed by atoms with Gasteiger partial charge in [-0.1, -0.05) is 0 Å². The summed E-state index contributed by atoms with van der Waals surface area (Å²) in [5.41, 5.74) is -1.40. The largest absolute Gasteiger partial charge is 0.465 e. The lowest BCUT2D eigenvalue weighted by Crippen LogP contribution is -2.56. The molecule has 0 spiro atoms. The third-order valence-corrected chi connectivity index (χ3v) is 3.88. The zero-order valence-electron chi connectivity index (χ0n) is 12.7. The monoisotopic (exact) mass is 287 g/mol. The van der Waals surface area contributed by atoms with Gasteiger partial charge in [0, 0.05) is 12.6 Å². The molecule has 0 aromatic heterocycles. The van der Waals surface area contributed by atoms with E-state index in [1.165, 1.54) is 0 Å². The summed E-state index contributed by atoms with van der Waals surface area (Å²) < 4.78 is 9.88. The maximum Gasteiger partial charge on any atom is 0.323 e. The Morgan fingerprint density at radius 2 is 1.80 bits per heavy atom. The molecule has 20 heavy (non-hydrogen) atoms. The summed E-state index contributed by atoms with van der Waals surface area (Å²) in [7, 11) is 1.95. The van der Waals surface area contributed by atoms with E-state index in [1.54, 1.807) is 13.8 Å². The molecule has 6 heteroatoms. The van der Waals surface area contributed by atoms with Crippen LogP contribution in [0.2, 0.25) is 0 Å². The predicted octanol–water partition coefficient (Wildman–Crippen LogP) is 0.574. The highest BCUT2D eigenvalue weighted by atomic mass is 16.6. The number of carbonyl (C=O) groups excluding carboxylic acids is 2. The molecule has 2 unspecified atom stereocenters. The lowest BCUT2D eigenvalue weighted by molar-refractivity contribution is -0.179. The lowest BCUT2D eigenvalue weighted by Gasteiger charge is -2.43. The van der Waals surface area contributed by atoms with Crippen molar-refractivity contribution in [3.8, 4) is 0 Å². The van der Waals surface area contributed by atoms with Gasteiger partial charge in [0.25, 0.3) is 0 Å². The topological polar surface area (TPSA) is 76.1 Å². The van der Waals surface area contributed by atoms with E-state index in [4.69, 9.17) is 9.47 Å². The van der Waals surface area contributed by atoms with Gasteiger partial charge in [0.15, 0.2) is 5.92 Å². The minimum atomic E-state index is -1.40. The Morgan fingerprint density at radius 3 is 2.20 bits per heavy atom. The first-order chi connectivity index (χ1) is 9.35. The fourth-order valence-electron chi connectivity index (χ4n) is 2.61. The Kier molecular flexibility index (Phi) is 5.95. The molecule has 0 bridgehead atoms. The van der Waals surface area contributed by atoms with Gasteiger partial charge in [0.1, 0.15) is 0 Å². The van der Waals surface area contributed by atoms with Crippen molar-refractivity contribution in [2.24, 2.45) is 5.92 Å². The molecule has 1 rings (SSSR count). The zero-order chi connectivity index (χ0) is 15.3. The Bertz CT molecular complexity index is 341. The molecule has 1 heterocycles. The average molecular weight is 287 g/mol. The van der Waals surface area contributed by atoms with Crippen molar-refractivity contribution in [1.29, 1.82) is 0 Å². The zero-order valence-corrected chi connectivity index (χ0v) is 12.7. The standard InChI is InChI=1S/C14H25NO5/c1-5-19-12(16)11(13(17)20-6-2)14(18)7-8-15(4)10(3)9-14/h10-11,18H,5-9H2,1-4H3. The minimum Gasteiger partial charge on any atom is -0.465 e. The van der Waals surface area contributed by atoms with Gasteiger partial charge >= 0.3 is 11.9 Å². The summed E-state index contributed by atoms with van der Waals surface area (Å²) in [5, 5.41) is 10.8. The molecule has 0 aliphatic carbocycles. The summed E-state index contributed by atoms with van der Waals surface area (Å²) in [5.74, 6) is -2.67. The van der Waals surface area contributed by atoms with E-state index in [9.17, 15) is 14.7 Å². The predicted molar refractivity (Wildman–Crippen MR) is 73.0 cm³/mol. The first-order valence-electron chi connectivity index (χ1n) is 7.11. The number of piperidine rings is 1. The van der Waals surface area contributed by atoms with Crippen LogP contribution in [0.25, 0.3) is 0 Å². The van der Waals surface area contributed by atoms with Gasteiger partial charge in [-0.15, -0.1) is 0 Å². The molecule has 0 aromatic rings. The second-order valence-electron chi connectivity index (χ2n) is 5.32. The van der Waals surface area contributed by atoms with Gasteiger partial charge in [-0.3, -0.25) is 9.59 Å². The van der Waals surface area contributed by atoms with Gasteiger partial charge in [-0.05, 0) is 40.7 Å². The molecular formula is C14H25NO5.